The third kappa shape index (κ3) is 6.04. The summed E-state index contributed by atoms with van der Waals surface area (Å²) in [5.41, 5.74) is 6.38. The molecular formula is C27H27N3O6S. The highest BCUT2D eigenvalue weighted by molar-refractivity contribution is 7.92. The van der Waals surface area contributed by atoms with Gasteiger partial charge in [0.05, 0.1) is 23.1 Å². The summed E-state index contributed by atoms with van der Waals surface area (Å²) in [4.78, 5) is 39.2. The standard InChI is InChI=1S/C27H27N3O6S/c28-27(34)22-11-10-21(16-19(22)17-25(32)30-14-12-20(31)13-15-30)37(35,36)29-24-9-5-4-8-23(24)26(33)18-6-2-1-3-7-18/h1-11,16,20,29,31H,12-15,17H2,(H2,28,34). The Hall–Kier alpha value is -4.02. The summed E-state index contributed by atoms with van der Waals surface area (Å²) in [5, 5.41) is 9.69. The van der Waals surface area contributed by atoms with Crippen molar-refractivity contribution in [1.82, 2.24) is 4.90 Å². The van der Waals surface area contributed by atoms with Gasteiger partial charge in [0, 0.05) is 29.8 Å². The van der Waals surface area contributed by atoms with Crippen LogP contribution in [-0.2, 0) is 21.2 Å². The fraction of sp³-hybridized carbons (Fsp3) is 0.222. The smallest absolute Gasteiger partial charge is 0.261 e. The fourth-order valence-corrected chi connectivity index (χ4v) is 5.36. The minimum Gasteiger partial charge on any atom is -0.393 e. The molecular weight excluding hydrogens is 494 g/mol. The highest BCUT2D eigenvalue weighted by atomic mass is 32.2. The number of nitrogens with zero attached hydrogens (tertiary/aromatic N) is 1. The van der Waals surface area contributed by atoms with Gasteiger partial charge in [0.25, 0.3) is 10.0 Å². The van der Waals surface area contributed by atoms with E-state index in [9.17, 15) is 27.9 Å². The Bertz CT molecular complexity index is 1430. The first kappa shape index (κ1) is 26.1. The maximum absolute atomic E-state index is 13.3. The van der Waals surface area contributed by atoms with Gasteiger partial charge in [0.1, 0.15) is 0 Å². The van der Waals surface area contributed by atoms with Crippen LogP contribution in [0.3, 0.4) is 0 Å². The van der Waals surface area contributed by atoms with Gasteiger partial charge in [0.15, 0.2) is 5.78 Å². The Labute approximate surface area is 215 Å². The van der Waals surface area contributed by atoms with Gasteiger partial charge in [-0.05, 0) is 48.7 Å². The predicted octanol–water partition coefficient (Wildman–Crippen LogP) is 2.34. The van der Waals surface area contributed by atoms with Crippen LogP contribution < -0.4 is 10.5 Å². The van der Waals surface area contributed by atoms with Gasteiger partial charge in [-0.1, -0.05) is 42.5 Å². The molecule has 2 amide bonds. The van der Waals surface area contributed by atoms with Crippen molar-refractivity contribution >= 4 is 33.3 Å². The number of benzene rings is 3. The Morgan fingerprint density at radius 3 is 2.24 bits per heavy atom. The Balaban J connectivity index is 1.62. The normalized spacial score (nSPS) is 14.2. The molecule has 9 nitrogen and oxygen atoms in total. The zero-order valence-corrected chi connectivity index (χ0v) is 20.8. The van der Waals surface area contributed by atoms with Crippen LogP contribution in [0.4, 0.5) is 5.69 Å². The molecule has 0 aromatic heterocycles. The lowest BCUT2D eigenvalue weighted by molar-refractivity contribution is -0.132. The molecule has 37 heavy (non-hydrogen) atoms. The average molecular weight is 522 g/mol. The van der Waals surface area contributed by atoms with Gasteiger partial charge in [-0.2, -0.15) is 0 Å². The van der Waals surface area contributed by atoms with Crippen LogP contribution in [-0.4, -0.2) is 55.2 Å². The van der Waals surface area contributed by atoms with Crippen LogP contribution >= 0.6 is 0 Å². The number of amides is 2. The van der Waals surface area contributed by atoms with Crippen molar-refractivity contribution in [3.63, 3.8) is 0 Å². The molecule has 0 saturated carbocycles. The van der Waals surface area contributed by atoms with Crippen LogP contribution in [0.5, 0.6) is 0 Å². The number of aliphatic hydroxyl groups is 1. The zero-order chi connectivity index (χ0) is 26.6. The number of para-hydroxylation sites is 1. The molecule has 0 radical (unpaired) electrons. The number of piperidine rings is 1. The minimum atomic E-state index is -4.20. The molecule has 1 fully saturated rings. The molecule has 0 aliphatic carbocycles. The topological polar surface area (TPSA) is 147 Å². The third-order valence-corrected chi connectivity index (χ3v) is 7.63. The van der Waals surface area contributed by atoms with E-state index in [0.29, 0.717) is 31.5 Å². The number of carbonyl (C=O) groups excluding carboxylic acids is 3. The summed E-state index contributed by atoms with van der Waals surface area (Å²) in [6, 6.07) is 18.5. The van der Waals surface area contributed by atoms with Gasteiger partial charge in [-0.25, -0.2) is 8.42 Å². The van der Waals surface area contributed by atoms with Crippen molar-refractivity contribution in [2.75, 3.05) is 17.8 Å². The second kappa shape index (κ2) is 10.9. The number of anilines is 1. The van der Waals surface area contributed by atoms with Crippen LogP contribution in [0.1, 0.15) is 44.7 Å². The maximum atomic E-state index is 13.3. The molecule has 1 heterocycles. The summed E-state index contributed by atoms with van der Waals surface area (Å²) in [6.45, 7) is 0.745. The Morgan fingerprint density at radius 2 is 1.57 bits per heavy atom. The van der Waals surface area contributed by atoms with E-state index >= 15 is 0 Å². The van der Waals surface area contributed by atoms with Crippen molar-refractivity contribution in [2.45, 2.75) is 30.3 Å². The average Bonchev–Trinajstić information content (AvgIpc) is 2.89. The molecule has 4 rings (SSSR count). The van der Waals surface area contributed by atoms with Crippen LogP contribution in [0.25, 0.3) is 0 Å². The summed E-state index contributed by atoms with van der Waals surface area (Å²) in [7, 11) is -4.20. The summed E-state index contributed by atoms with van der Waals surface area (Å²) >= 11 is 0. The van der Waals surface area contributed by atoms with E-state index in [2.05, 4.69) is 4.72 Å². The van der Waals surface area contributed by atoms with E-state index in [1.807, 2.05) is 0 Å². The molecule has 0 unspecified atom stereocenters. The quantitative estimate of drug-likeness (QED) is 0.388. The highest BCUT2D eigenvalue weighted by Gasteiger charge is 2.25. The number of sulfonamides is 1. The number of ketones is 1. The van der Waals surface area contributed by atoms with E-state index in [1.165, 1.54) is 30.3 Å². The van der Waals surface area contributed by atoms with Crippen molar-refractivity contribution in [3.05, 3.63) is 95.1 Å². The first-order valence-electron chi connectivity index (χ1n) is 11.8. The molecule has 1 saturated heterocycles. The number of nitrogens with two attached hydrogens (primary N) is 1. The zero-order valence-electron chi connectivity index (χ0n) is 20.0. The number of hydrogen-bond acceptors (Lipinski definition) is 6. The molecule has 0 spiro atoms. The molecule has 0 bridgehead atoms. The number of rotatable bonds is 8. The van der Waals surface area contributed by atoms with Crippen molar-refractivity contribution in [3.8, 4) is 0 Å². The Kier molecular flexibility index (Phi) is 7.70. The van der Waals surface area contributed by atoms with Gasteiger partial charge in [0.2, 0.25) is 11.8 Å². The summed E-state index contributed by atoms with van der Waals surface area (Å²) in [6.07, 6.45) is 0.226. The minimum absolute atomic E-state index is 0.0454. The van der Waals surface area contributed by atoms with Gasteiger partial charge < -0.3 is 15.7 Å². The number of aliphatic hydroxyl groups excluding tert-OH is 1. The molecule has 4 N–H and O–H groups in total. The van der Waals surface area contributed by atoms with E-state index in [1.54, 1.807) is 47.4 Å². The number of carbonyl (C=O) groups is 3. The molecule has 3 aromatic rings. The van der Waals surface area contributed by atoms with E-state index in [-0.39, 0.29) is 45.4 Å². The lowest BCUT2D eigenvalue weighted by Gasteiger charge is -2.29. The van der Waals surface area contributed by atoms with E-state index in [4.69, 9.17) is 5.73 Å². The van der Waals surface area contributed by atoms with Crippen LogP contribution in [0.2, 0.25) is 0 Å². The lowest BCUT2D eigenvalue weighted by Crippen LogP contribution is -2.41. The molecule has 192 valence electrons. The van der Waals surface area contributed by atoms with Crippen LogP contribution in [0, 0.1) is 0 Å². The first-order valence-corrected chi connectivity index (χ1v) is 13.2. The second-order valence-electron chi connectivity index (χ2n) is 8.82. The monoisotopic (exact) mass is 521 g/mol. The van der Waals surface area contributed by atoms with Gasteiger partial charge >= 0.3 is 0 Å². The van der Waals surface area contributed by atoms with Crippen LogP contribution in [0.15, 0.2) is 77.7 Å². The number of likely N-dealkylation sites (tertiary alicyclic amines) is 1. The molecule has 3 aromatic carbocycles. The molecule has 1 aliphatic heterocycles. The summed E-state index contributed by atoms with van der Waals surface area (Å²) < 4.78 is 29.1. The number of primary amides is 1. The van der Waals surface area contributed by atoms with Crippen molar-refractivity contribution < 1.29 is 27.9 Å². The molecule has 1 aliphatic rings. The van der Waals surface area contributed by atoms with Gasteiger partial charge in [-0.15, -0.1) is 0 Å². The molecule has 0 atom stereocenters. The Morgan fingerprint density at radius 1 is 0.919 bits per heavy atom. The fourth-order valence-electron chi connectivity index (χ4n) is 4.23. The molecule has 10 heteroatoms. The summed E-state index contributed by atoms with van der Waals surface area (Å²) in [5.74, 6) is -1.43. The number of hydrogen-bond donors (Lipinski definition) is 3. The van der Waals surface area contributed by atoms with Crippen molar-refractivity contribution in [2.24, 2.45) is 5.73 Å². The largest absolute Gasteiger partial charge is 0.393 e. The third-order valence-electron chi connectivity index (χ3n) is 6.26. The SMILES string of the molecule is NC(=O)c1ccc(S(=O)(=O)Nc2ccccc2C(=O)c2ccccc2)cc1CC(=O)N1CCC(O)CC1. The lowest BCUT2D eigenvalue weighted by atomic mass is 10.0. The van der Waals surface area contributed by atoms with Gasteiger partial charge in [-0.3, -0.25) is 19.1 Å². The predicted molar refractivity (Wildman–Crippen MR) is 138 cm³/mol. The maximum Gasteiger partial charge on any atom is 0.261 e. The van der Waals surface area contributed by atoms with E-state index in [0.717, 1.165) is 0 Å². The second-order valence-corrected chi connectivity index (χ2v) is 10.5. The van der Waals surface area contributed by atoms with E-state index < -0.39 is 22.0 Å². The number of nitrogens with one attached hydrogen (secondary N) is 1. The highest BCUT2D eigenvalue weighted by Crippen LogP contribution is 2.25. The first-order chi connectivity index (χ1) is 17.7. The van der Waals surface area contributed by atoms with Crippen molar-refractivity contribution in [1.29, 1.82) is 0 Å².